The minimum atomic E-state index is -0.735. The Labute approximate surface area is 184 Å². The van der Waals surface area contributed by atoms with Gasteiger partial charge in [0.1, 0.15) is 0 Å². The van der Waals surface area contributed by atoms with Crippen molar-refractivity contribution in [3.05, 3.63) is 66.0 Å². The van der Waals surface area contributed by atoms with Gasteiger partial charge in [0.25, 0.3) is 0 Å². The van der Waals surface area contributed by atoms with Crippen molar-refractivity contribution in [3.63, 3.8) is 0 Å². The van der Waals surface area contributed by atoms with Crippen LogP contribution in [-0.4, -0.2) is 33.5 Å². The summed E-state index contributed by atoms with van der Waals surface area (Å²) in [5.74, 6) is 0.603. The van der Waals surface area contributed by atoms with Gasteiger partial charge in [0, 0.05) is 36.7 Å². The molecule has 1 amide bonds. The Kier molecular flexibility index (Phi) is 4.78. The van der Waals surface area contributed by atoms with Crippen LogP contribution in [0.1, 0.15) is 57.6 Å². The van der Waals surface area contributed by atoms with Crippen molar-refractivity contribution in [2.75, 3.05) is 0 Å². The van der Waals surface area contributed by atoms with Crippen LogP contribution in [0, 0.1) is 17.3 Å². The SMILES string of the molecule is C[C@H]1[C@@H]2C[C@@]3(O[C@H](C(C)(C)C)N=C3C[C@@H]1c1ccccc1)N(Cc1ccncc1)C2=O. The Bertz CT molecular complexity index is 998. The van der Waals surface area contributed by atoms with Gasteiger partial charge in [-0.05, 0) is 41.5 Å². The van der Waals surface area contributed by atoms with Crippen molar-refractivity contribution in [2.45, 2.75) is 65.0 Å². The highest BCUT2D eigenvalue weighted by Crippen LogP contribution is 2.54. The van der Waals surface area contributed by atoms with E-state index in [9.17, 15) is 4.79 Å². The normalized spacial score (nSPS) is 32.6. The predicted octanol–water partition coefficient (Wildman–Crippen LogP) is 4.79. The van der Waals surface area contributed by atoms with Crippen LogP contribution < -0.4 is 0 Å². The van der Waals surface area contributed by atoms with Gasteiger partial charge < -0.3 is 9.64 Å². The molecule has 1 aromatic heterocycles. The summed E-state index contributed by atoms with van der Waals surface area (Å²) in [6.45, 7) is 9.22. The topological polar surface area (TPSA) is 54.8 Å². The molecule has 2 bridgehead atoms. The number of aromatic nitrogens is 1. The van der Waals surface area contributed by atoms with Gasteiger partial charge in [-0.2, -0.15) is 0 Å². The summed E-state index contributed by atoms with van der Waals surface area (Å²) in [6.07, 6.45) is 4.82. The average Bonchev–Trinajstić information content (AvgIpc) is 3.22. The van der Waals surface area contributed by atoms with Crippen molar-refractivity contribution in [1.29, 1.82) is 0 Å². The Balaban J connectivity index is 1.59. The van der Waals surface area contributed by atoms with E-state index in [1.807, 2.05) is 23.1 Å². The number of nitrogens with zero attached hydrogens (tertiary/aromatic N) is 3. The molecule has 2 aromatic rings. The number of fused-ring (bicyclic) bond motifs is 1. The van der Waals surface area contributed by atoms with Gasteiger partial charge >= 0.3 is 0 Å². The van der Waals surface area contributed by atoms with E-state index in [-0.39, 0.29) is 35.3 Å². The maximum atomic E-state index is 13.8. The lowest BCUT2D eigenvalue weighted by atomic mass is 9.77. The number of rotatable bonds is 3. The quantitative estimate of drug-likeness (QED) is 0.721. The maximum absolute atomic E-state index is 13.8. The van der Waals surface area contributed by atoms with Gasteiger partial charge in [0.2, 0.25) is 5.91 Å². The molecule has 1 spiro atoms. The summed E-state index contributed by atoms with van der Waals surface area (Å²) in [7, 11) is 0. The number of hydrogen-bond donors (Lipinski definition) is 0. The van der Waals surface area contributed by atoms with Gasteiger partial charge in [-0.25, -0.2) is 0 Å². The lowest BCUT2D eigenvalue weighted by Gasteiger charge is -2.38. The van der Waals surface area contributed by atoms with Gasteiger partial charge in [-0.3, -0.25) is 14.8 Å². The summed E-state index contributed by atoms with van der Waals surface area (Å²) in [4.78, 5) is 25.0. The molecule has 5 heteroatoms. The number of aliphatic imine (C=N–C) groups is 1. The molecule has 0 radical (unpaired) electrons. The van der Waals surface area contributed by atoms with E-state index in [1.54, 1.807) is 12.4 Å². The van der Waals surface area contributed by atoms with Crippen molar-refractivity contribution in [1.82, 2.24) is 9.88 Å². The first-order valence-electron chi connectivity index (χ1n) is 11.3. The monoisotopic (exact) mass is 417 g/mol. The number of benzene rings is 1. The van der Waals surface area contributed by atoms with E-state index in [0.717, 1.165) is 17.7 Å². The molecule has 1 saturated carbocycles. The molecule has 5 nitrogen and oxygen atoms in total. The van der Waals surface area contributed by atoms with Crippen molar-refractivity contribution >= 4 is 11.6 Å². The van der Waals surface area contributed by atoms with Crippen LogP contribution in [-0.2, 0) is 16.1 Å². The molecule has 1 aliphatic carbocycles. The van der Waals surface area contributed by atoms with Crippen LogP contribution >= 0.6 is 0 Å². The minimum absolute atomic E-state index is 0.0709. The first-order valence-corrected chi connectivity index (χ1v) is 11.3. The van der Waals surface area contributed by atoms with E-state index < -0.39 is 5.72 Å². The molecule has 1 aromatic carbocycles. The van der Waals surface area contributed by atoms with Crippen LogP contribution in [0.15, 0.2) is 59.9 Å². The second-order valence-corrected chi connectivity index (χ2v) is 10.4. The third kappa shape index (κ3) is 3.30. The molecule has 2 fully saturated rings. The second kappa shape index (κ2) is 7.27. The molecular formula is C26H31N3O2. The highest BCUT2D eigenvalue weighted by molar-refractivity contribution is 6.01. The average molecular weight is 418 g/mol. The minimum Gasteiger partial charge on any atom is -0.324 e. The first-order chi connectivity index (χ1) is 14.8. The van der Waals surface area contributed by atoms with E-state index in [0.29, 0.717) is 13.0 Å². The molecule has 162 valence electrons. The molecule has 0 N–H and O–H groups in total. The zero-order chi connectivity index (χ0) is 21.8. The fraction of sp³-hybridized carbons (Fsp3) is 0.500. The zero-order valence-corrected chi connectivity index (χ0v) is 18.8. The summed E-state index contributed by atoms with van der Waals surface area (Å²) in [6, 6.07) is 14.5. The molecule has 0 unspecified atom stereocenters. The number of hydrogen-bond acceptors (Lipinski definition) is 4. The lowest BCUT2D eigenvalue weighted by Crippen LogP contribution is -2.53. The van der Waals surface area contributed by atoms with Crippen molar-refractivity contribution in [3.8, 4) is 0 Å². The number of ether oxygens (including phenoxy) is 1. The van der Waals surface area contributed by atoms with Crippen LogP contribution in [0.5, 0.6) is 0 Å². The Morgan fingerprint density at radius 3 is 2.48 bits per heavy atom. The highest BCUT2D eigenvalue weighted by Gasteiger charge is 2.63. The van der Waals surface area contributed by atoms with Crippen LogP contribution in [0.25, 0.3) is 0 Å². The molecule has 3 heterocycles. The Morgan fingerprint density at radius 1 is 1.10 bits per heavy atom. The van der Waals surface area contributed by atoms with E-state index in [2.05, 4.69) is 56.9 Å². The lowest BCUT2D eigenvalue weighted by molar-refractivity contribution is -0.158. The number of carbonyl (C=O) groups excluding carboxylic acids is 1. The van der Waals surface area contributed by atoms with E-state index in [4.69, 9.17) is 9.73 Å². The van der Waals surface area contributed by atoms with E-state index in [1.165, 1.54) is 5.56 Å². The predicted molar refractivity (Wildman–Crippen MR) is 120 cm³/mol. The summed E-state index contributed by atoms with van der Waals surface area (Å²) in [5, 5.41) is 0. The van der Waals surface area contributed by atoms with Crippen LogP contribution in [0.2, 0.25) is 0 Å². The van der Waals surface area contributed by atoms with Crippen LogP contribution in [0.3, 0.4) is 0 Å². The van der Waals surface area contributed by atoms with E-state index >= 15 is 0 Å². The molecule has 5 rings (SSSR count). The molecular weight excluding hydrogens is 386 g/mol. The fourth-order valence-electron chi connectivity index (χ4n) is 5.45. The molecule has 2 aliphatic heterocycles. The third-order valence-corrected chi connectivity index (χ3v) is 7.29. The van der Waals surface area contributed by atoms with Crippen molar-refractivity contribution < 1.29 is 9.53 Å². The molecule has 3 aliphatic rings. The van der Waals surface area contributed by atoms with Crippen LogP contribution in [0.4, 0.5) is 0 Å². The summed E-state index contributed by atoms with van der Waals surface area (Å²) in [5.41, 5.74) is 2.52. The van der Waals surface area contributed by atoms with Gasteiger partial charge in [-0.1, -0.05) is 58.0 Å². The van der Waals surface area contributed by atoms with Gasteiger partial charge in [-0.15, -0.1) is 0 Å². The molecule has 31 heavy (non-hydrogen) atoms. The summed E-state index contributed by atoms with van der Waals surface area (Å²) >= 11 is 0. The highest BCUT2D eigenvalue weighted by atomic mass is 16.6. The largest absolute Gasteiger partial charge is 0.324 e. The number of pyridine rings is 1. The standard InChI is InChI=1S/C26H31N3O2/c1-17-20(19-8-6-5-7-9-19)14-22-26(31-24(28-22)25(2,3)4)15-21(17)23(30)29(26)16-18-10-12-27-13-11-18/h5-13,17,20-21,24H,14-16H2,1-4H3/t17-,20+,21+,24-,26+/m1/s1. The smallest absolute Gasteiger partial charge is 0.229 e. The number of likely N-dealkylation sites (tertiary alicyclic amines) is 1. The fourth-order valence-corrected chi connectivity index (χ4v) is 5.45. The first kappa shape index (κ1) is 20.4. The van der Waals surface area contributed by atoms with Gasteiger partial charge in [0.15, 0.2) is 12.0 Å². The number of carbonyl (C=O) groups is 1. The summed E-state index contributed by atoms with van der Waals surface area (Å²) < 4.78 is 6.76. The Morgan fingerprint density at radius 2 is 1.81 bits per heavy atom. The second-order valence-electron chi connectivity index (χ2n) is 10.4. The number of amides is 1. The van der Waals surface area contributed by atoms with Gasteiger partial charge in [0.05, 0.1) is 5.71 Å². The van der Waals surface area contributed by atoms with Crippen molar-refractivity contribution in [2.24, 2.45) is 22.2 Å². The third-order valence-electron chi connectivity index (χ3n) is 7.29. The molecule has 5 atom stereocenters. The Hall–Kier alpha value is -2.53. The molecule has 1 saturated heterocycles. The maximum Gasteiger partial charge on any atom is 0.229 e. The zero-order valence-electron chi connectivity index (χ0n) is 18.8.